The number of carbonyl (C=O) groups is 1. The van der Waals surface area contributed by atoms with Gasteiger partial charge >= 0.3 is 0 Å². The van der Waals surface area contributed by atoms with Crippen molar-refractivity contribution < 1.29 is 18.7 Å². The normalized spacial score (nSPS) is 28.7. The third-order valence-corrected chi connectivity index (χ3v) is 6.58. The molecule has 2 fully saturated rings. The van der Waals surface area contributed by atoms with Gasteiger partial charge in [-0.3, -0.25) is 4.79 Å². The van der Waals surface area contributed by atoms with E-state index in [0.29, 0.717) is 47.7 Å². The summed E-state index contributed by atoms with van der Waals surface area (Å²) in [6, 6.07) is 3.67. The minimum Gasteiger partial charge on any atom is -0.493 e. The summed E-state index contributed by atoms with van der Waals surface area (Å²) in [5, 5.41) is 0. The zero-order chi connectivity index (χ0) is 19.4. The summed E-state index contributed by atoms with van der Waals surface area (Å²) < 4.78 is 25.8. The summed E-state index contributed by atoms with van der Waals surface area (Å²) in [6.45, 7) is 6.89. The molecule has 1 saturated heterocycles. The molecule has 1 aromatic carbocycles. The Kier molecular flexibility index (Phi) is 6.91. The monoisotopic (exact) mass is 376 g/mol. The van der Waals surface area contributed by atoms with E-state index in [4.69, 9.17) is 9.47 Å². The fourth-order valence-electron chi connectivity index (χ4n) is 4.62. The average molecular weight is 377 g/mol. The quantitative estimate of drug-likeness (QED) is 0.667. The van der Waals surface area contributed by atoms with Gasteiger partial charge < -0.3 is 9.47 Å². The Labute approximate surface area is 162 Å². The molecule has 0 N–H and O–H groups in total. The largest absolute Gasteiger partial charge is 0.493 e. The summed E-state index contributed by atoms with van der Waals surface area (Å²) in [7, 11) is 0. The van der Waals surface area contributed by atoms with Gasteiger partial charge in [-0.15, -0.1) is 0 Å². The van der Waals surface area contributed by atoms with Crippen molar-refractivity contribution in [1.29, 1.82) is 0 Å². The van der Waals surface area contributed by atoms with Crippen LogP contribution in [-0.4, -0.2) is 25.1 Å². The number of aryl methyl sites for hydroxylation is 1. The molecule has 4 heteroatoms. The molecule has 0 aromatic heterocycles. The lowest BCUT2D eigenvalue weighted by atomic mass is 9.74. The molecule has 3 rings (SSSR count). The van der Waals surface area contributed by atoms with E-state index in [-0.39, 0.29) is 17.7 Å². The highest BCUT2D eigenvalue weighted by Gasteiger charge is 2.33. The summed E-state index contributed by atoms with van der Waals surface area (Å²) in [5.41, 5.74) is 1.28. The molecule has 0 amide bonds. The van der Waals surface area contributed by atoms with E-state index in [9.17, 15) is 9.18 Å². The van der Waals surface area contributed by atoms with Crippen molar-refractivity contribution in [3.05, 3.63) is 29.1 Å². The Bertz CT molecular complexity index is 641. The van der Waals surface area contributed by atoms with E-state index in [1.165, 1.54) is 12.8 Å². The van der Waals surface area contributed by atoms with Crippen molar-refractivity contribution in [2.75, 3.05) is 13.2 Å². The molecular weight excluding hydrogens is 343 g/mol. The molecule has 3 nitrogen and oxygen atoms in total. The van der Waals surface area contributed by atoms with Gasteiger partial charge in [0.1, 0.15) is 17.7 Å². The summed E-state index contributed by atoms with van der Waals surface area (Å²) >= 11 is 0. The Morgan fingerprint density at radius 2 is 1.81 bits per heavy atom. The Morgan fingerprint density at radius 3 is 2.44 bits per heavy atom. The zero-order valence-electron chi connectivity index (χ0n) is 16.9. The van der Waals surface area contributed by atoms with Crippen LogP contribution in [0.1, 0.15) is 63.0 Å². The zero-order valence-corrected chi connectivity index (χ0v) is 16.9. The van der Waals surface area contributed by atoms with Gasteiger partial charge in [-0.05, 0) is 81.8 Å². The molecular formula is C23H33FO3. The molecule has 0 spiro atoms. The number of benzene rings is 1. The molecule has 1 aliphatic carbocycles. The molecule has 2 unspecified atom stereocenters. The average Bonchev–Trinajstić information content (AvgIpc) is 2.71. The number of ketones is 1. The van der Waals surface area contributed by atoms with Crippen LogP contribution in [0.4, 0.5) is 4.39 Å². The topological polar surface area (TPSA) is 35.5 Å². The summed E-state index contributed by atoms with van der Waals surface area (Å²) in [4.78, 5) is 11.8. The first-order chi connectivity index (χ1) is 13.0. The van der Waals surface area contributed by atoms with E-state index in [2.05, 4.69) is 0 Å². The van der Waals surface area contributed by atoms with Gasteiger partial charge in [-0.2, -0.15) is 0 Å². The van der Waals surface area contributed by atoms with Crippen LogP contribution in [0.2, 0.25) is 0 Å². The number of ether oxygens (including phenoxy) is 2. The van der Waals surface area contributed by atoms with Crippen molar-refractivity contribution in [1.82, 2.24) is 0 Å². The van der Waals surface area contributed by atoms with E-state index in [1.807, 2.05) is 13.0 Å². The highest BCUT2D eigenvalue weighted by atomic mass is 19.1. The molecule has 150 valence electrons. The van der Waals surface area contributed by atoms with Crippen molar-refractivity contribution in [2.45, 2.75) is 71.8 Å². The highest BCUT2D eigenvalue weighted by Crippen LogP contribution is 2.38. The molecule has 1 saturated carbocycles. The lowest BCUT2D eigenvalue weighted by Gasteiger charge is -2.37. The fraction of sp³-hybridized carbons (Fsp3) is 0.696. The Morgan fingerprint density at radius 1 is 1.11 bits per heavy atom. The number of carbonyl (C=O) groups excluding carboxylic acids is 1. The third-order valence-electron chi connectivity index (χ3n) is 6.58. The summed E-state index contributed by atoms with van der Waals surface area (Å²) in [5.74, 6) is 2.61. The SMILES string of the molecule is CCC(=O)C1CCC(C2CCC(COc3ccc(C)c(F)c3C)CC2)CO1. The van der Waals surface area contributed by atoms with Crippen molar-refractivity contribution >= 4 is 5.78 Å². The molecule has 0 radical (unpaired) electrons. The predicted molar refractivity (Wildman–Crippen MR) is 105 cm³/mol. The first-order valence-electron chi connectivity index (χ1n) is 10.5. The van der Waals surface area contributed by atoms with Crippen molar-refractivity contribution in [2.24, 2.45) is 17.8 Å². The van der Waals surface area contributed by atoms with Crippen LogP contribution in [0, 0.1) is 37.4 Å². The van der Waals surface area contributed by atoms with Crippen molar-refractivity contribution in [3.8, 4) is 5.75 Å². The molecule has 1 aromatic rings. The van der Waals surface area contributed by atoms with Gasteiger partial charge in [-0.25, -0.2) is 4.39 Å². The van der Waals surface area contributed by atoms with Gasteiger partial charge in [0.15, 0.2) is 5.78 Å². The van der Waals surface area contributed by atoms with Crippen LogP contribution in [0.5, 0.6) is 5.75 Å². The molecule has 2 atom stereocenters. The van der Waals surface area contributed by atoms with Gasteiger partial charge in [0.25, 0.3) is 0 Å². The van der Waals surface area contributed by atoms with Gasteiger partial charge in [-0.1, -0.05) is 13.0 Å². The number of Topliss-reactive ketones (excluding diaryl/α,β-unsaturated/α-hetero) is 1. The second-order valence-electron chi connectivity index (χ2n) is 8.39. The molecule has 1 aliphatic heterocycles. The summed E-state index contributed by atoms with van der Waals surface area (Å²) in [6.07, 6.45) is 7.14. The maximum absolute atomic E-state index is 14.0. The third kappa shape index (κ3) is 4.90. The van der Waals surface area contributed by atoms with Crippen LogP contribution in [0.15, 0.2) is 12.1 Å². The van der Waals surface area contributed by atoms with E-state index in [1.54, 1.807) is 19.9 Å². The van der Waals surface area contributed by atoms with E-state index in [0.717, 1.165) is 32.3 Å². The maximum Gasteiger partial charge on any atom is 0.161 e. The van der Waals surface area contributed by atoms with Gasteiger partial charge in [0.2, 0.25) is 0 Å². The van der Waals surface area contributed by atoms with Crippen molar-refractivity contribution in [3.63, 3.8) is 0 Å². The Balaban J connectivity index is 1.42. The second-order valence-corrected chi connectivity index (χ2v) is 8.39. The molecule has 1 heterocycles. The number of hydrogen-bond donors (Lipinski definition) is 0. The first-order valence-corrected chi connectivity index (χ1v) is 10.5. The van der Waals surface area contributed by atoms with Crippen LogP contribution < -0.4 is 4.74 Å². The predicted octanol–water partition coefficient (Wildman–Crippen LogP) is 5.40. The number of hydrogen-bond acceptors (Lipinski definition) is 3. The van der Waals surface area contributed by atoms with E-state index < -0.39 is 0 Å². The lowest BCUT2D eigenvalue weighted by Crippen LogP contribution is -2.36. The Hall–Kier alpha value is -1.42. The van der Waals surface area contributed by atoms with Crippen LogP contribution >= 0.6 is 0 Å². The maximum atomic E-state index is 14.0. The standard InChI is InChI=1S/C23H33FO3/c1-4-20(25)22-12-10-19(14-27-22)18-8-6-17(7-9-18)13-26-21-11-5-15(2)23(24)16(21)3/h5,11,17-19,22H,4,6-10,12-14H2,1-3H3. The van der Waals surface area contributed by atoms with E-state index >= 15 is 0 Å². The smallest absolute Gasteiger partial charge is 0.161 e. The minimum atomic E-state index is -0.159. The first kappa shape index (κ1) is 20.3. The second kappa shape index (κ2) is 9.18. The highest BCUT2D eigenvalue weighted by molar-refractivity contribution is 5.82. The number of halogens is 1. The van der Waals surface area contributed by atoms with Crippen LogP contribution in [-0.2, 0) is 9.53 Å². The van der Waals surface area contributed by atoms with Crippen LogP contribution in [0.25, 0.3) is 0 Å². The lowest BCUT2D eigenvalue weighted by molar-refractivity contribution is -0.136. The van der Waals surface area contributed by atoms with Gasteiger partial charge in [0, 0.05) is 12.0 Å². The van der Waals surface area contributed by atoms with Gasteiger partial charge in [0.05, 0.1) is 13.2 Å². The number of rotatable bonds is 6. The minimum absolute atomic E-state index is 0.158. The molecule has 0 bridgehead atoms. The van der Waals surface area contributed by atoms with Crippen LogP contribution in [0.3, 0.4) is 0 Å². The molecule has 27 heavy (non-hydrogen) atoms. The fourth-order valence-corrected chi connectivity index (χ4v) is 4.62. The molecule has 2 aliphatic rings.